The fourth-order valence-corrected chi connectivity index (χ4v) is 3.80. The summed E-state index contributed by atoms with van der Waals surface area (Å²) in [5.41, 5.74) is 4.41. The molecule has 0 aromatic heterocycles. The standard InChI is InChI=1S/C26H26FN3O3/c1-18-7-3-4-8-22(18)24-15-21(33-29-24)17-30(16-19-11-13-20(27)14-12-19)26(31)28-23-9-5-6-10-25(23)32-2/h3-14,21H,15-17H2,1-2H3,(H,28,31). The Morgan fingerprint density at radius 2 is 1.85 bits per heavy atom. The summed E-state index contributed by atoms with van der Waals surface area (Å²) in [6.45, 7) is 2.64. The minimum Gasteiger partial charge on any atom is -0.495 e. The van der Waals surface area contributed by atoms with Crippen molar-refractivity contribution in [3.05, 3.63) is 95.3 Å². The number of nitrogens with zero attached hydrogens (tertiary/aromatic N) is 2. The Balaban J connectivity index is 1.50. The zero-order valence-corrected chi connectivity index (χ0v) is 18.6. The van der Waals surface area contributed by atoms with E-state index in [-0.39, 0.29) is 18.0 Å². The number of amides is 2. The maximum Gasteiger partial charge on any atom is 0.322 e. The minimum atomic E-state index is -0.320. The number of rotatable bonds is 7. The summed E-state index contributed by atoms with van der Waals surface area (Å²) in [6.07, 6.45) is 0.302. The normalized spacial score (nSPS) is 14.9. The lowest BCUT2D eigenvalue weighted by Crippen LogP contribution is -2.40. The first-order valence-electron chi connectivity index (χ1n) is 10.8. The number of urea groups is 1. The van der Waals surface area contributed by atoms with Crippen LogP contribution in [0, 0.1) is 12.7 Å². The molecule has 0 fully saturated rings. The fourth-order valence-electron chi connectivity index (χ4n) is 3.80. The lowest BCUT2D eigenvalue weighted by Gasteiger charge is -2.25. The van der Waals surface area contributed by atoms with Crippen LogP contribution in [0.3, 0.4) is 0 Å². The Hall–Kier alpha value is -3.87. The number of carbonyl (C=O) groups excluding carboxylic acids is 1. The van der Waals surface area contributed by atoms with E-state index in [4.69, 9.17) is 9.57 Å². The molecule has 170 valence electrons. The molecule has 3 aromatic carbocycles. The van der Waals surface area contributed by atoms with Crippen LogP contribution in [-0.4, -0.2) is 36.4 Å². The predicted octanol–water partition coefficient (Wildman–Crippen LogP) is 5.37. The number of carbonyl (C=O) groups is 1. The van der Waals surface area contributed by atoms with Gasteiger partial charge in [-0.25, -0.2) is 9.18 Å². The highest BCUT2D eigenvalue weighted by molar-refractivity contribution is 6.02. The van der Waals surface area contributed by atoms with Crippen molar-refractivity contribution < 1.29 is 18.8 Å². The van der Waals surface area contributed by atoms with Crippen LogP contribution in [0.15, 0.2) is 78.0 Å². The molecule has 1 unspecified atom stereocenters. The second-order valence-corrected chi connectivity index (χ2v) is 7.92. The van der Waals surface area contributed by atoms with Gasteiger partial charge in [-0.3, -0.25) is 0 Å². The van der Waals surface area contributed by atoms with Crippen molar-refractivity contribution in [1.29, 1.82) is 0 Å². The zero-order chi connectivity index (χ0) is 23.2. The summed E-state index contributed by atoms with van der Waals surface area (Å²) < 4.78 is 18.7. The first kappa shape index (κ1) is 22.3. The number of oxime groups is 1. The third kappa shape index (κ3) is 5.49. The monoisotopic (exact) mass is 447 g/mol. The van der Waals surface area contributed by atoms with E-state index >= 15 is 0 Å². The molecule has 0 saturated carbocycles. The van der Waals surface area contributed by atoms with Crippen molar-refractivity contribution in [2.45, 2.75) is 26.0 Å². The number of hydrogen-bond acceptors (Lipinski definition) is 4. The molecule has 1 heterocycles. The van der Waals surface area contributed by atoms with Crippen molar-refractivity contribution in [3.8, 4) is 5.75 Å². The molecule has 1 atom stereocenters. The molecule has 33 heavy (non-hydrogen) atoms. The maximum absolute atomic E-state index is 13.4. The van der Waals surface area contributed by atoms with Gasteiger partial charge in [-0.05, 0) is 42.3 Å². The SMILES string of the molecule is COc1ccccc1NC(=O)N(Cc1ccc(F)cc1)CC1CC(c2ccccc2C)=NO1. The van der Waals surface area contributed by atoms with E-state index in [1.807, 2.05) is 43.3 Å². The number of para-hydroxylation sites is 2. The number of aryl methyl sites for hydroxylation is 1. The summed E-state index contributed by atoms with van der Waals surface area (Å²) in [4.78, 5) is 20.6. The molecule has 0 radical (unpaired) electrons. The van der Waals surface area contributed by atoms with Gasteiger partial charge < -0.3 is 19.8 Å². The van der Waals surface area contributed by atoms with Crippen molar-refractivity contribution >= 4 is 17.4 Å². The maximum atomic E-state index is 13.4. The smallest absolute Gasteiger partial charge is 0.322 e. The Morgan fingerprint density at radius 1 is 1.12 bits per heavy atom. The summed E-state index contributed by atoms with van der Waals surface area (Å²) >= 11 is 0. The predicted molar refractivity (Wildman–Crippen MR) is 126 cm³/mol. The number of methoxy groups -OCH3 is 1. The van der Waals surface area contributed by atoms with Gasteiger partial charge in [-0.15, -0.1) is 0 Å². The van der Waals surface area contributed by atoms with Crippen molar-refractivity contribution in [1.82, 2.24) is 4.90 Å². The molecule has 1 aliphatic heterocycles. The Bertz CT molecular complexity index is 1150. The van der Waals surface area contributed by atoms with Gasteiger partial charge in [0.2, 0.25) is 0 Å². The van der Waals surface area contributed by atoms with Crippen LogP contribution in [0.1, 0.15) is 23.1 Å². The van der Waals surface area contributed by atoms with Crippen LogP contribution in [0.25, 0.3) is 0 Å². The molecule has 3 aromatic rings. The molecule has 6 nitrogen and oxygen atoms in total. The number of ether oxygens (including phenoxy) is 1. The Morgan fingerprint density at radius 3 is 2.61 bits per heavy atom. The van der Waals surface area contributed by atoms with Crippen LogP contribution >= 0.6 is 0 Å². The van der Waals surface area contributed by atoms with Gasteiger partial charge in [0.15, 0.2) is 6.10 Å². The van der Waals surface area contributed by atoms with E-state index in [1.54, 1.807) is 36.3 Å². The molecule has 1 N–H and O–H groups in total. The van der Waals surface area contributed by atoms with Crippen LogP contribution < -0.4 is 10.1 Å². The third-order valence-corrected chi connectivity index (χ3v) is 5.54. The van der Waals surface area contributed by atoms with E-state index in [9.17, 15) is 9.18 Å². The minimum absolute atomic E-state index is 0.288. The van der Waals surface area contributed by atoms with Crippen LogP contribution in [0.2, 0.25) is 0 Å². The zero-order valence-electron chi connectivity index (χ0n) is 18.6. The highest BCUT2D eigenvalue weighted by Gasteiger charge is 2.28. The molecule has 0 aliphatic carbocycles. The van der Waals surface area contributed by atoms with Crippen molar-refractivity contribution in [2.24, 2.45) is 5.16 Å². The summed E-state index contributed by atoms with van der Waals surface area (Å²) in [5.74, 6) is 0.244. The lowest BCUT2D eigenvalue weighted by molar-refractivity contribution is 0.0608. The van der Waals surface area contributed by atoms with Crippen molar-refractivity contribution in [2.75, 3.05) is 19.0 Å². The number of hydrogen-bond donors (Lipinski definition) is 1. The molecule has 0 bridgehead atoms. The molecular weight excluding hydrogens is 421 g/mol. The number of halogens is 1. The number of benzene rings is 3. The van der Waals surface area contributed by atoms with Crippen molar-refractivity contribution in [3.63, 3.8) is 0 Å². The summed E-state index contributed by atoms with van der Waals surface area (Å²) in [5, 5.41) is 7.19. The first-order chi connectivity index (χ1) is 16.0. The van der Waals surface area contributed by atoms with E-state index in [0.717, 1.165) is 22.4 Å². The first-order valence-corrected chi connectivity index (χ1v) is 10.8. The second-order valence-electron chi connectivity index (χ2n) is 7.92. The molecule has 4 rings (SSSR count). The second kappa shape index (κ2) is 10.2. The largest absolute Gasteiger partial charge is 0.495 e. The topological polar surface area (TPSA) is 63.2 Å². The molecular formula is C26H26FN3O3. The molecule has 7 heteroatoms. The average Bonchev–Trinajstić information content (AvgIpc) is 3.29. The van der Waals surface area contributed by atoms with Crippen LogP contribution in [-0.2, 0) is 11.4 Å². The van der Waals surface area contributed by atoms with Crippen LogP contribution in [0.4, 0.5) is 14.9 Å². The quantitative estimate of drug-likeness (QED) is 0.530. The molecule has 1 aliphatic rings. The Labute approximate surface area is 192 Å². The molecule has 0 spiro atoms. The summed E-state index contributed by atoms with van der Waals surface area (Å²) in [7, 11) is 1.55. The van der Waals surface area contributed by atoms with Gasteiger partial charge in [-0.1, -0.05) is 53.7 Å². The fraction of sp³-hybridized carbons (Fsp3) is 0.231. The number of nitrogens with one attached hydrogen (secondary N) is 1. The van der Waals surface area contributed by atoms with Gasteiger partial charge in [0.1, 0.15) is 11.6 Å². The van der Waals surface area contributed by atoms with E-state index in [1.165, 1.54) is 12.1 Å². The van der Waals surface area contributed by atoms with Gasteiger partial charge >= 0.3 is 6.03 Å². The summed E-state index contributed by atoms with van der Waals surface area (Å²) in [6, 6.07) is 21.0. The number of anilines is 1. The van der Waals surface area contributed by atoms with Crippen LogP contribution in [0.5, 0.6) is 5.75 Å². The highest BCUT2D eigenvalue weighted by Crippen LogP contribution is 2.25. The molecule has 0 saturated heterocycles. The van der Waals surface area contributed by atoms with E-state index in [0.29, 0.717) is 30.9 Å². The van der Waals surface area contributed by atoms with E-state index < -0.39 is 0 Å². The average molecular weight is 448 g/mol. The lowest BCUT2D eigenvalue weighted by atomic mass is 10.0. The van der Waals surface area contributed by atoms with E-state index in [2.05, 4.69) is 10.5 Å². The highest BCUT2D eigenvalue weighted by atomic mass is 19.1. The van der Waals surface area contributed by atoms with Gasteiger partial charge in [0.05, 0.1) is 25.1 Å². The molecule has 2 amide bonds. The van der Waals surface area contributed by atoms with Gasteiger partial charge in [0, 0.05) is 18.5 Å². The Kier molecular flexibility index (Phi) is 6.88. The van der Waals surface area contributed by atoms with Gasteiger partial charge in [0.25, 0.3) is 0 Å². The van der Waals surface area contributed by atoms with Gasteiger partial charge in [-0.2, -0.15) is 0 Å². The third-order valence-electron chi connectivity index (χ3n) is 5.54.